The van der Waals surface area contributed by atoms with Crippen LogP contribution < -0.4 is 4.57 Å². The predicted molar refractivity (Wildman–Crippen MR) is 129 cm³/mol. The van der Waals surface area contributed by atoms with E-state index in [1.54, 1.807) is 24.3 Å². The Morgan fingerprint density at radius 1 is 0.941 bits per heavy atom. The number of fused-ring (bicyclic) bond motifs is 2. The normalized spacial score (nSPS) is 11.6. The van der Waals surface area contributed by atoms with Crippen LogP contribution in [0.4, 0.5) is 5.69 Å². The third-order valence-electron chi connectivity index (χ3n) is 5.85. The van der Waals surface area contributed by atoms with Crippen LogP contribution in [0.3, 0.4) is 0 Å². The third-order valence-corrected chi connectivity index (χ3v) is 7.68. The fraction of sp³-hybridized carbons (Fsp3) is 0.200. The first-order valence-electron chi connectivity index (χ1n) is 10.9. The summed E-state index contributed by atoms with van der Waals surface area (Å²) in [5.41, 5.74) is 1.22. The molecule has 0 N–H and O–H groups in total. The number of aryl methyl sites for hydroxylation is 1. The number of sulfonamides is 1. The van der Waals surface area contributed by atoms with E-state index in [9.17, 15) is 23.3 Å². The van der Waals surface area contributed by atoms with Crippen LogP contribution >= 0.6 is 0 Å². The quantitative estimate of drug-likeness (QED) is 0.170. The van der Waals surface area contributed by atoms with Gasteiger partial charge in [0.25, 0.3) is 21.6 Å². The van der Waals surface area contributed by atoms with Crippen molar-refractivity contribution >= 4 is 43.4 Å². The molecule has 174 valence electrons. The molecule has 0 atom stereocenters. The topological polar surface area (TPSA) is 101 Å². The molecule has 4 aromatic rings. The Hall–Kier alpha value is -3.85. The van der Waals surface area contributed by atoms with E-state index in [4.69, 9.17) is 0 Å². The Bertz CT molecular complexity index is 1480. The number of nitro benzene ring substituents is 1. The lowest BCUT2D eigenvalue weighted by atomic mass is 10.0. The Kier molecular flexibility index (Phi) is 6.30. The van der Waals surface area contributed by atoms with Gasteiger partial charge in [-0.2, -0.15) is 4.57 Å². The maximum absolute atomic E-state index is 14.1. The standard InChI is InChI=1S/C25H24N3O5S/c1-3-4-17-27(34(32,33)23-16-10-9-15-22(23)28(30)31)25(29)24-18-11-5-7-13-20(18)26(2)21-14-8-6-12-19(21)24/h5-16H,3-4,17H2,1-2H3/q+1. The first-order valence-corrected chi connectivity index (χ1v) is 12.3. The number of para-hydroxylation sites is 3. The molecule has 0 aliphatic heterocycles. The van der Waals surface area contributed by atoms with Gasteiger partial charge in [-0.15, -0.1) is 0 Å². The van der Waals surface area contributed by atoms with Gasteiger partial charge in [-0.25, -0.2) is 12.7 Å². The van der Waals surface area contributed by atoms with Gasteiger partial charge in [-0.1, -0.05) is 49.7 Å². The summed E-state index contributed by atoms with van der Waals surface area (Å²) in [4.78, 5) is 24.4. The molecule has 1 amide bonds. The Morgan fingerprint density at radius 2 is 1.47 bits per heavy atom. The van der Waals surface area contributed by atoms with Crippen molar-refractivity contribution in [3.63, 3.8) is 0 Å². The molecule has 3 aromatic carbocycles. The fourth-order valence-corrected chi connectivity index (χ4v) is 5.74. The average molecular weight is 479 g/mol. The Balaban J connectivity index is 2.00. The van der Waals surface area contributed by atoms with Crippen molar-refractivity contribution in [1.82, 2.24) is 4.31 Å². The van der Waals surface area contributed by atoms with Crippen molar-refractivity contribution in [2.45, 2.75) is 24.7 Å². The van der Waals surface area contributed by atoms with Gasteiger partial charge in [-0.3, -0.25) is 14.9 Å². The first kappa shape index (κ1) is 23.3. The van der Waals surface area contributed by atoms with Crippen molar-refractivity contribution in [2.24, 2.45) is 7.05 Å². The van der Waals surface area contributed by atoms with Crippen molar-refractivity contribution < 1.29 is 22.7 Å². The molecule has 4 rings (SSSR count). The SMILES string of the molecule is CCCCN(C(=O)c1c2ccccc2[n+](C)c2ccccc12)S(=O)(=O)c1ccccc1[N+](=O)[O-]. The number of amides is 1. The lowest BCUT2D eigenvalue weighted by Crippen LogP contribution is -2.39. The predicted octanol–water partition coefficient (Wildman–Crippen LogP) is 4.36. The van der Waals surface area contributed by atoms with E-state index in [2.05, 4.69) is 0 Å². The minimum Gasteiger partial charge on any atom is -0.268 e. The van der Waals surface area contributed by atoms with Gasteiger partial charge >= 0.3 is 0 Å². The van der Waals surface area contributed by atoms with E-state index in [0.29, 0.717) is 23.6 Å². The number of nitro groups is 1. The zero-order chi connectivity index (χ0) is 24.5. The number of aromatic nitrogens is 1. The molecule has 0 saturated carbocycles. The molecule has 0 aliphatic carbocycles. The minimum absolute atomic E-state index is 0.0899. The number of benzene rings is 3. The van der Waals surface area contributed by atoms with Gasteiger partial charge < -0.3 is 0 Å². The van der Waals surface area contributed by atoms with Gasteiger partial charge in [-0.05, 0) is 24.6 Å². The van der Waals surface area contributed by atoms with Crippen LogP contribution in [0.25, 0.3) is 21.8 Å². The second-order valence-corrected chi connectivity index (χ2v) is 9.76. The second kappa shape index (κ2) is 9.18. The Labute approximate surface area is 197 Å². The number of hydrogen-bond donors (Lipinski definition) is 0. The molecule has 0 unspecified atom stereocenters. The summed E-state index contributed by atoms with van der Waals surface area (Å²) in [6, 6.07) is 19.7. The number of carbonyl (C=O) groups excluding carboxylic acids is 1. The maximum Gasteiger partial charge on any atom is 0.289 e. The number of pyridine rings is 1. The molecule has 0 bridgehead atoms. The molecule has 1 aromatic heterocycles. The molecular formula is C25H24N3O5S+. The number of unbranched alkanes of at least 4 members (excludes halogenated alkanes) is 1. The molecule has 0 saturated heterocycles. The Morgan fingerprint density at radius 3 is 2.03 bits per heavy atom. The van der Waals surface area contributed by atoms with E-state index >= 15 is 0 Å². The zero-order valence-electron chi connectivity index (χ0n) is 18.8. The summed E-state index contributed by atoms with van der Waals surface area (Å²) in [5.74, 6) is -0.709. The second-order valence-electron chi connectivity index (χ2n) is 7.93. The zero-order valence-corrected chi connectivity index (χ0v) is 19.7. The van der Waals surface area contributed by atoms with Crippen LogP contribution in [0, 0.1) is 10.1 Å². The molecule has 0 radical (unpaired) electrons. The largest absolute Gasteiger partial charge is 0.289 e. The van der Waals surface area contributed by atoms with E-state index < -0.39 is 31.4 Å². The van der Waals surface area contributed by atoms with Gasteiger partial charge in [0, 0.05) is 24.7 Å². The molecule has 0 fully saturated rings. The molecule has 34 heavy (non-hydrogen) atoms. The van der Waals surface area contributed by atoms with Crippen LogP contribution in [-0.2, 0) is 17.1 Å². The highest BCUT2D eigenvalue weighted by Gasteiger charge is 2.37. The van der Waals surface area contributed by atoms with Gasteiger partial charge in [0.15, 0.2) is 4.90 Å². The maximum atomic E-state index is 14.1. The van der Waals surface area contributed by atoms with Crippen LogP contribution in [0.15, 0.2) is 77.7 Å². The summed E-state index contributed by atoms with van der Waals surface area (Å²) in [5, 5.41) is 12.8. The number of nitrogens with zero attached hydrogens (tertiary/aromatic N) is 3. The van der Waals surface area contributed by atoms with Crippen LogP contribution in [0.2, 0.25) is 0 Å². The molecule has 0 spiro atoms. The van der Waals surface area contributed by atoms with Crippen molar-refractivity contribution in [1.29, 1.82) is 0 Å². The van der Waals surface area contributed by atoms with Crippen LogP contribution in [-0.4, -0.2) is 30.1 Å². The van der Waals surface area contributed by atoms with E-state index in [1.165, 1.54) is 18.2 Å². The summed E-state index contributed by atoms with van der Waals surface area (Å²) in [6.07, 6.45) is 1.06. The lowest BCUT2D eigenvalue weighted by Gasteiger charge is -2.23. The van der Waals surface area contributed by atoms with Gasteiger partial charge in [0.1, 0.15) is 7.05 Å². The summed E-state index contributed by atoms with van der Waals surface area (Å²) >= 11 is 0. The molecule has 0 aliphatic rings. The highest BCUT2D eigenvalue weighted by Crippen LogP contribution is 2.31. The minimum atomic E-state index is -4.51. The molecular weight excluding hydrogens is 454 g/mol. The average Bonchev–Trinajstić information content (AvgIpc) is 2.84. The third kappa shape index (κ3) is 3.88. The van der Waals surface area contributed by atoms with E-state index in [0.717, 1.165) is 21.4 Å². The van der Waals surface area contributed by atoms with Crippen LogP contribution in [0.5, 0.6) is 0 Å². The lowest BCUT2D eigenvalue weighted by molar-refractivity contribution is -0.617. The van der Waals surface area contributed by atoms with E-state index in [-0.39, 0.29) is 12.1 Å². The smallest absolute Gasteiger partial charge is 0.268 e. The highest BCUT2D eigenvalue weighted by atomic mass is 32.2. The number of carbonyl (C=O) groups is 1. The fourth-order valence-electron chi connectivity index (χ4n) is 4.16. The van der Waals surface area contributed by atoms with E-state index in [1.807, 2.05) is 42.8 Å². The monoisotopic (exact) mass is 478 g/mol. The van der Waals surface area contributed by atoms with Crippen LogP contribution in [0.1, 0.15) is 30.1 Å². The molecule has 1 heterocycles. The number of rotatable bonds is 7. The van der Waals surface area contributed by atoms with Gasteiger partial charge in [0.2, 0.25) is 11.0 Å². The summed E-state index contributed by atoms with van der Waals surface area (Å²) < 4.78 is 30.2. The van der Waals surface area contributed by atoms with Gasteiger partial charge in [0.05, 0.1) is 21.3 Å². The first-order chi connectivity index (χ1) is 16.3. The highest BCUT2D eigenvalue weighted by molar-refractivity contribution is 7.89. The number of hydrogen-bond acceptors (Lipinski definition) is 5. The molecule has 8 nitrogen and oxygen atoms in total. The molecule has 9 heteroatoms. The summed E-state index contributed by atoms with van der Waals surface area (Å²) in [7, 11) is -2.62. The van der Waals surface area contributed by atoms with Crippen molar-refractivity contribution in [2.75, 3.05) is 6.54 Å². The van der Waals surface area contributed by atoms with Crippen molar-refractivity contribution in [3.05, 3.63) is 88.5 Å². The van der Waals surface area contributed by atoms with Crippen molar-refractivity contribution in [3.8, 4) is 0 Å². The summed E-state index contributed by atoms with van der Waals surface area (Å²) in [6.45, 7) is 1.79.